The quantitative estimate of drug-likeness (QED) is 0.702. The Morgan fingerprint density at radius 1 is 1.64 bits per heavy atom. The molecule has 0 radical (unpaired) electrons. The van der Waals surface area contributed by atoms with E-state index >= 15 is 0 Å². The molecule has 2 heteroatoms. The van der Waals surface area contributed by atoms with Crippen molar-refractivity contribution >= 4 is 11.8 Å². The Labute approximate surface area is 74.3 Å². The third-order valence-electron chi connectivity index (χ3n) is 2.74. The van der Waals surface area contributed by atoms with Crippen LogP contribution >= 0.6 is 11.8 Å². The zero-order valence-electron chi connectivity index (χ0n) is 7.81. The second-order valence-electron chi connectivity index (χ2n) is 3.51. The van der Waals surface area contributed by atoms with Gasteiger partial charge in [-0.05, 0) is 39.0 Å². The molecule has 0 aromatic carbocycles. The first-order valence-electron chi connectivity index (χ1n) is 4.54. The van der Waals surface area contributed by atoms with Gasteiger partial charge < -0.3 is 5.32 Å². The number of rotatable bonds is 3. The van der Waals surface area contributed by atoms with Crippen LogP contribution in [-0.4, -0.2) is 23.6 Å². The molecule has 0 bridgehead atoms. The van der Waals surface area contributed by atoms with Gasteiger partial charge in [-0.3, -0.25) is 0 Å². The second-order valence-corrected chi connectivity index (χ2v) is 5.14. The number of hydrogen-bond donors (Lipinski definition) is 1. The lowest BCUT2D eigenvalue weighted by atomic mass is 9.94. The largest absolute Gasteiger partial charge is 0.316 e. The van der Waals surface area contributed by atoms with Gasteiger partial charge in [0.05, 0.1) is 0 Å². The predicted molar refractivity (Wildman–Crippen MR) is 53.2 cm³/mol. The van der Waals surface area contributed by atoms with Gasteiger partial charge in [0.1, 0.15) is 0 Å². The fraction of sp³-hybridized carbons (Fsp3) is 1.00. The third-order valence-corrected chi connectivity index (χ3v) is 4.38. The summed E-state index contributed by atoms with van der Waals surface area (Å²) in [7, 11) is 2.08. The van der Waals surface area contributed by atoms with E-state index < -0.39 is 0 Å². The van der Waals surface area contributed by atoms with Crippen LogP contribution in [0.15, 0.2) is 0 Å². The van der Waals surface area contributed by atoms with Gasteiger partial charge in [0.25, 0.3) is 0 Å². The van der Waals surface area contributed by atoms with Gasteiger partial charge in [-0.25, -0.2) is 0 Å². The maximum atomic E-state index is 3.41. The fourth-order valence-electron chi connectivity index (χ4n) is 2.02. The van der Waals surface area contributed by atoms with Crippen molar-refractivity contribution in [3.05, 3.63) is 0 Å². The molecule has 1 saturated heterocycles. The van der Waals surface area contributed by atoms with Crippen LogP contribution in [0.2, 0.25) is 0 Å². The lowest BCUT2D eigenvalue weighted by Gasteiger charge is -2.32. The predicted octanol–water partition coefficient (Wildman–Crippen LogP) is 2.27. The molecular formula is C9H19NS. The molecule has 0 aromatic rings. The summed E-state index contributed by atoms with van der Waals surface area (Å²) in [6.45, 7) is 4.67. The standard InChI is InChI=1S/C9H19NS/c1-4-8(10-3)9(2)6-5-7-11-9/h8,10H,4-7H2,1-3H3. The van der Waals surface area contributed by atoms with E-state index in [0.717, 1.165) is 0 Å². The Balaban J connectivity index is 2.53. The fourth-order valence-corrected chi connectivity index (χ4v) is 3.55. The minimum Gasteiger partial charge on any atom is -0.316 e. The van der Waals surface area contributed by atoms with Gasteiger partial charge >= 0.3 is 0 Å². The summed E-state index contributed by atoms with van der Waals surface area (Å²) in [6.07, 6.45) is 4.04. The van der Waals surface area contributed by atoms with Gasteiger partial charge in [0.2, 0.25) is 0 Å². The highest BCUT2D eigenvalue weighted by Gasteiger charge is 2.35. The van der Waals surface area contributed by atoms with E-state index in [9.17, 15) is 0 Å². The zero-order valence-corrected chi connectivity index (χ0v) is 8.63. The summed E-state index contributed by atoms with van der Waals surface area (Å²) >= 11 is 2.14. The molecule has 1 N–H and O–H groups in total. The topological polar surface area (TPSA) is 12.0 Å². The van der Waals surface area contributed by atoms with Crippen LogP contribution in [0.4, 0.5) is 0 Å². The Kier molecular flexibility index (Phi) is 3.26. The van der Waals surface area contributed by atoms with Gasteiger partial charge in [0.15, 0.2) is 0 Å². The first-order valence-corrected chi connectivity index (χ1v) is 5.52. The Bertz CT molecular complexity index is 115. The Morgan fingerprint density at radius 2 is 2.36 bits per heavy atom. The van der Waals surface area contributed by atoms with Gasteiger partial charge in [-0.1, -0.05) is 6.92 Å². The van der Waals surface area contributed by atoms with E-state index in [1.807, 2.05) is 0 Å². The van der Waals surface area contributed by atoms with Gasteiger partial charge in [-0.15, -0.1) is 0 Å². The highest BCUT2D eigenvalue weighted by molar-refractivity contribution is 8.00. The average Bonchev–Trinajstić information content (AvgIpc) is 2.39. The van der Waals surface area contributed by atoms with Crippen LogP contribution in [0, 0.1) is 0 Å². The maximum absolute atomic E-state index is 3.41. The minimum atomic E-state index is 0.517. The molecule has 0 amide bonds. The van der Waals surface area contributed by atoms with Crippen LogP contribution in [0.1, 0.15) is 33.1 Å². The Hall–Kier alpha value is 0.310. The van der Waals surface area contributed by atoms with Crippen molar-refractivity contribution in [3.8, 4) is 0 Å². The van der Waals surface area contributed by atoms with Crippen LogP contribution in [0.25, 0.3) is 0 Å². The van der Waals surface area contributed by atoms with Crippen molar-refractivity contribution in [2.45, 2.75) is 43.9 Å². The average molecular weight is 173 g/mol. The lowest BCUT2D eigenvalue weighted by molar-refractivity contribution is 0.416. The molecule has 2 unspecified atom stereocenters. The summed E-state index contributed by atoms with van der Waals surface area (Å²) in [4.78, 5) is 0. The third kappa shape index (κ3) is 1.91. The number of hydrogen-bond acceptors (Lipinski definition) is 2. The molecule has 0 aliphatic carbocycles. The zero-order chi connectivity index (χ0) is 8.32. The molecule has 2 atom stereocenters. The molecule has 1 fully saturated rings. The van der Waals surface area contributed by atoms with Crippen LogP contribution in [-0.2, 0) is 0 Å². The Morgan fingerprint density at radius 3 is 2.73 bits per heavy atom. The van der Waals surface area contributed by atoms with Crippen molar-refractivity contribution < 1.29 is 0 Å². The summed E-state index contributed by atoms with van der Waals surface area (Å²) < 4.78 is 0.517. The molecule has 11 heavy (non-hydrogen) atoms. The smallest absolute Gasteiger partial charge is 0.0285 e. The van der Waals surface area contributed by atoms with E-state index in [1.165, 1.54) is 25.0 Å². The molecule has 0 saturated carbocycles. The summed E-state index contributed by atoms with van der Waals surface area (Å²) in [5.74, 6) is 1.36. The van der Waals surface area contributed by atoms with E-state index in [-0.39, 0.29) is 0 Å². The monoisotopic (exact) mass is 173 g/mol. The van der Waals surface area contributed by atoms with Crippen LogP contribution < -0.4 is 5.32 Å². The van der Waals surface area contributed by atoms with Crippen molar-refractivity contribution in [3.63, 3.8) is 0 Å². The molecule has 1 heterocycles. The van der Waals surface area contributed by atoms with Crippen LogP contribution in [0.3, 0.4) is 0 Å². The van der Waals surface area contributed by atoms with E-state index in [2.05, 4.69) is 38.0 Å². The molecule has 1 aliphatic rings. The van der Waals surface area contributed by atoms with Crippen molar-refractivity contribution in [1.82, 2.24) is 5.32 Å². The summed E-state index contributed by atoms with van der Waals surface area (Å²) in [6, 6.07) is 0.704. The van der Waals surface area contributed by atoms with Crippen molar-refractivity contribution in [2.75, 3.05) is 12.8 Å². The molecule has 66 valence electrons. The van der Waals surface area contributed by atoms with Gasteiger partial charge in [-0.2, -0.15) is 11.8 Å². The maximum Gasteiger partial charge on any atom is 0.0285 e. The second kappa shape index (κ2) is 3.81. The van der Waals surface area contributed by atoms with E-state index in [4.69, 9.17) is 0 Å². The molecule has 0 spiro atoms. The first-order chi connectivity index (χ1) is 5.23. The lowest BCUT2D eigenvalue weighted by Crippen LogP contribution is -2.42. The molecular weight excluding hydrogens is 154 g/mol. The minimum absolute atomic E-state index is 0.517. The van der Waals surface area contributed by atoms with E-state index in [1.54, 1.807) is 0 Å². The SMILES string of the molecule is CCC(NC)C1(C)CCCS1. The molecule has 1 rings (SSSR count). The summed E-state index contributed by atoms with van der Waals surface area (Å²) in [5, 5.41) is 3.41. The highest BCUT2D eigenvalue weighted by Crippen LogP contribution is 2.41. The normalized spacial score (nSPS) is 34.1. The number of thioether (sulfide) groups is 1. The molecule has 1 aliphatic heterocycles. The van der Waals surface area contributed by atoms with Crippen molar-refractivity contribution in [2.24, 2.45) is 0 Å². The highest BCUT2D eigenvalue weighted by atomic mass is 32.2. The van der Waals surface area contributed by atoms with E-state index in [0.29, 0.717) is 10.8 Å². The van der Waals surface area contributed by atoms with Crippen LogP contribution in [0.5, 0.6) is 0 Å². The first kappa shape index (κ1) is 9.40. The summed E-state index contributed by atoms with van der Waals surface area (Å²) in [5.41, 5.74) is 0. The molecule has 1 nitrogen and oxygen atoms in total. The number of nitrogens with one attached hydrogen (secondary N) is 1. The van der Waals surface area contributed by atoms with Gasteiger partial charge in [0, 0.05) is 10.8 Å². The van der Waals surface area contributed by atoms with Crippen molar-refractivity contribution in [1.29, 1.82) is 0 Å². The molecule has 0 aromatic heterocycles.